The molecule has 0 spiro atoms. The van der Waals surface area contributed by atoms with Gasteiger partial charge in [-0.1, -0.05) is 6.92 Å². The van der Waals surface area contributed by atoms with E-state index < -0.39 is 0 Å². The van der Waals surface area contributed by atoms with Crippen LogP contribution < -0.4 is 0 Å². The van der Waals surface area contributed by atoms with Crippen molar-refractivity contribution in [3.63, 3.8) is 0 Å². The van der Waals surface area contributed by atoms with Crippen LogP contribution in [0.15, 0.2) is 22.8 Å². The standard InChI is InChI=1S/C14H13NO3.C5H12OS/c1-8-11(7-16)15-10-5-9(6-12(17)14(8)10)13-3-2-4-18-13;1-3-7-5-4-6-2/h2-4,7,9,15H,5-6H2,1H3;3-5H2,1-2H3. The molecule has 1 unspecified atom stereocenters. The van der Waals surface area contributed by atoms with Crippen molar-refractivity contribution in [1.29, 1.82) is 0 Å². The average Bonchev–Trinajstić information content (AvgIpc) is 3.24. The van der Waals surface area contributed by atoms with Gasteiger partial charge in [0.2, 0.25) is 0 Å². The zero-order valence-electron chi connectivity index (χ0n) is 15.0. The summed E-state index contributed by atoms with van der Waals surface area (Å²) in [5.41, 5.74) is 2.82. The Balaban J connectivity index is 0.000000277. The van der Waals surface area contributed by atoms with Crippen molar-refractivity contribution in [3.05, 3.63) is 46.7 Å². The second kappa shape index (κ2) is 9.63. The van der Waals surface area contributed by atoms with Gasteiger partial charge in [0.15, 0.2) is 12.1 Å². The molecular formula is C19H25NO4S. The normalized spacial score (nSPS) is 16.1. The monoisotopic (exact) mass is 363 g/mol. The third-order valence-corrected chi connectivity index (χ3v) is 5.09. The summed E-state index contributed by atoms with van der Waals surface area (Å²) in [5, 5.41) is 0. The van der Waals surface area contributed by atoms with Crippen molar-refractivity contribution in [1.82, 2.24) is 4.98 Å². The van der Waals surface area contributed by atoms with E-state index >= 15 is 0 Å². The van der Waals surface area contributed by atoms with Crippen molar-refractivity contribution in [2.45, 2.75) is 32.6 Å². The molecular weight excluding hydrogens is 338 g/mol. The first-order valence-corrected chi connectivity index (χ1v) is 9.57. The zero-order valence-corrected chi connectivity index (χ0v) is 15.8. The lowest BCUT2D eigenvalue weighted by Gasteiger charge is -2.19. The Hall–Kier alpha value is -1.79. The fourth-order valence-electron chi connectivity index (χ4n) is 2.98. The molecule has 1 N–H and O–H groups in total. The van der Waals surface area contributed by atoms with Crippen LogP contribution in [-0.4, -0.2) is 42.3 Å². The number of nitrogens with one attached hydrogen (secondary N) is 1. The first-order valence-electron chi connectivity index (χ1n) is 8.42. The Morgan fingerprint density at radius 1 is 1.44 bits per heavy atom. The molecule has 136 valence electrons. The maximum absolute atomic E-state index is 12.2. The zero-order chi connectivity index (χ0) is 18.2. The molecule has 5 nitrogen and oxygen atoms in total. The number of aromatic amines is 1. The first-order chi connectivity index (χ1) is 12.1. The third-order valence-electron chi connectivity index (χ3n) is 4.23. The topological polar surface area (TPSA) is 72.3 Å². The molecule has 3 rings (SSSR count). The van der Waals surface area contributed by atoms with E-state index in [1.807, 2.05) is 30.8 Å². The highest BCUT2D eigenvalue weighted by atomic mass is 32.2. The van der Waals surface area contributed by atoms with Crippen LogP contribution in [-0.2, 0) is 11.2 Å². The van der Waals surface area contributed by atoms with Crippen LogP contribution in [0.1, 0.15) is 57.1 Å². The number of rotatable bonds is 6. The quantitative estimate of drug-likeness (QED) is 0.620. The number of carbonyl (C=O) groups excluding carboxylic acids is 2. The lowest BCUT2D eigenvalue weighted by atomic mass is 9.84. The van der Waals surface area contributed by atoms with Gasteiger partial charge in [-0.15, -0.1) is 0 Å². The molecule has 2 aromatic heterocycles. The number of ether oxygens (including phenoxy) is 1. The molecule has 1 atom stereocenters. The van der Waals surface area contributed by atoms with E-state index in [1.165, 1.54) is 5.75 Å². The minimum atomic E-state index is 0.0672. The van der Waals surface area contributed by atoms with Crippen LogP contribution in [0.5, 0.6) is 0 Å². The molecule has 25 heavy (non-hydrogen) atoms. The van der Waals surface area contributed by atoms with Gasteiger partial charge in [0.25, 0.3) is 0 Å². The van der Waals surface area contributed by atoms with Gasteiger partial charge in [0, 0.05) is 36.5 Å². The number of carbonyl (C=O) groups is 2. The van der Waals surface area contributed by atoms with Crippen LogP contribution >= 0.6 is 11.8 Å². The van der Waals surface area contributed by atoms with Crippen molar-refractivity contribution < 1.29 is 18.7 Å². The minimum Gasteiger partial charge on any atom is -0.469 e. The summed E-state index contributed by atoms with van der Waals surface area (Å²) < 4.78 is 10.2. The Bertz CT molecular complexity index is 687. The number of furan rings is 1. The van der Waals surface area contributed by atoms with E-state index in [9.17, 15) is 9.59 Å². The predicted octanol–water partition coefficient (Wildman–Crippen LogP) is 4.03. The van der Waals surface area contributed by atoms with Crippen LogP contribution in [0.25, 0.3) is 0 Å². The molecule has 0 aliphatic heterocycles. The summed E-state index contributed by atoms with van der Waals surface area (Å²) in [6.07, 6.45) is 3.54. The van der Waals surface area contributed by atoms with Gasteiger partial charge in [-0.2, -0.15) is 11.8 Å². The van der Waals surface area contributed by atoms with Crippen LogP contribution in [0, 0.1) is 6.92 Å². The fourth-order valence-corrected chi connectivity index (χ4v) is 3.56. The molecule has 0 saturated heterocycles. The molecule has 0 amide bonds. The lowest BCUT2D eigenvalue weighted by molar-refractivity contribution is 0.0959. The molecule has 0 fully saturated rings. The molecule has 1 aliphatic carbocycles. The van der Waals surface area contributed by atoms with Gasteiger partial charge in [0.05, 0.1) is 18.6 Å². The van der Waals surface area contributed by atoms with Crippen LogP contribution in [0.4, 0.5) is 0 Å². The van der Waals surface area contributed by atoms with E-state index in [-0.39, 0.29) is 11.7 Å². The largest absolute Gasteiger partial charge is 0.469 e. The highest BCUT2D eigenvalue weighted by molar-refractivity contribution is 7.99. The van der Waals surface area contributed by atoms with E-state index in [0.717, 1.165) is 35.7 Å². The number of fused-ring (bicyclic) bond motifs is 1. The molecule has 0 aromatic carbocycles. The van der Waals surface area contributed by atoms with Gasteiger partial charge in [0.1, 0.15) is 5.76 Å². The number of aromatic nitrogens is 1. The third kappa shape index (κ3) is 4.86. The number of hydrogen-bond acceptors (Lipinski definition) is 5. The number of methoxy groups -OCH3 is 1. The Morgan fingerprint density at radius 2 is 2.24 bits per heavy atom. The molecule has 2 aromatic rings. The van der Waals surface area contributed by atoms with Crippen LogP contribution in [0.3, 0.4) is 0 Å². The maximum Gasteiger partial charge on any atom is 0.166 e. The molecule has 1 aliphatic rings. The molecule has 2 heterocycles. The van der Waals surface area contributed by atoms with Crippen molar-refractivity contribution >= 4 is 23.8 Å². The number of H-pyrrole nitrogens is 1. The second-order valence-electron chi connectivity index (χ2n) is 5.87. The van der Waals surface area contributed by atoms with E-state index in [1.54, 1.807) is 13.4 Å². The number of Topliss-reactive ketones (excluding diaryl/α,β-unsaturated/α-hetero) is 1. The van der Waals surface area contributed by atoms with E-state index in [4.69, 9.17) is 9.15 Å². The van der Waals surface area contributed by atoms with Crippen molar-refractivity contribution in [2.24, 2.45) is 0 Å². The Morgan fingerprint density at radius 3 is 2.84 bits per heavy atom. The molecule has 0 radical (unpaired) electrons. The second-order valence-corrected chi connectivity index (χ2v) is 7.26. The van der Waals surface area contributed by atoms with Gasteiger partial charge in [-0.25, -0.2) is 0 Å². The Kier molecular flexibility index (Phi) is 7.52. The van der Waals surface area contributed by atoms with E-state index in [0.29, 0.717) is 24.1 Å². The summed E-state index contributed by atoms with van der Waals surface area (Å²) in [4.78, 5) is 26.1. The number of thioether (sulfide) groups is 1. The molecule has 0 bridgehead atoms. The number of hydrogen-bond donors (Lipinski definition) is 1. The number of ketones is 1. The summed E-state index contributed by atoms with van der Waals surface area (Å²) in [7, 11) is 1.73. The summed E-state index contributed by atoms with van der Waals surface area (Å²) in [5.74, 6) is 3.31. The summed E-state index contributed by atoms with van der Waals surface area (Å²) >= 11 is 1.91. The van der Waals surface area contributed by atoms with Crippen LogP contribution in [0.2, 0.25) is 0 Å². The SMILES string of the molecule is CCSCCOC.Cc1c(C=O)[nH]c2c1C(=O)CC(c1ccco1)C2. The summed E-state index contributed by atoms with van der Waals surface area (Å²) in [6, 6.07) is 3.71. The van der Waals surface area contributed by atoms with Gasteiger partial charge < -0.3 is 14.1 Å². The van der Waals surface area contributed by atoms with Gasteiger partial charge in [-0.05, 0) is 36.8 Å². The smallest absolute Gasteiger partial charge is 0.166 e. The van der Waals surface area contributed by atoms with Gasteiger partial charge in [-0.3, -0.25) is 9.59 Å². The minimum absolute atomic E-state index is 0.0672. The van der Waals surface area contributed by atoms with Crippen molar-refractivity contribution in [2.75, 3.05) is 25.2 Å². The predicted molar refractivity (Wildman–Crippen MR) is 99.9 cm³/mol. The van der Waals surface area contributed by atoms with Gasteiger partial charge >= 0.3 is 0 Å². The molecule has 6 heteroatoms. The van der Waals surface area contributed by atoms with Crippen molar-refractivity contribution in [3.8, 4) is 0 Å². The maximum atomic E-state index is 12.2. The number of aldehydes is 1. The highest BCUT2D eigenvalue weighted by Crippen LogP contribution is 2.34. The molecule has 0 saturated carbocycles. The van der Waals surface area contributed by atoms with E-state index in [2.05, 4.69) is 11.9 Å². The first kappa shape index (κ1) is 19.5. The lowest BCUT2D eigenvalue weighted by Crippen LogP contribution is -2.18. The average molecular weight is 363 g/mol. The highest BCUT2D eigenvalue weighted by Gasteiger charge is 2.31. The Labute approximate surface area is 152 Å². The fraction of sp³-hybridized carbons (Fsp3) is 0.474. The summed E-state index contributed by atoms with van der Waals surface area (Å²) in [6.45, 7) is 4.85.